The SMILES string of the molecule is CCCCC/C(I)=C\C(F)(F)C(=O)c1ccc(C)cc1. The largest absolute Gasteiger partial charge is 0.329 e. The quantitative estimate of drug-likeness (QED) is 0.330. The third-order valence-corrected chi connectivity index (χ3v) is 3.82. The molecule has 0 aliphatic rings. The highest BCUT2D eigenvalue weighted by Gasteiger charge is 2.37. The number of Topliss-reactive ketones (excluding diaryl/α,β-unsaturated/α-hetero) is 1. The first-order chi connectivity index (χ1) is 9.36. The smallest absolute Gasteiger partial charge is 0.287 e. The van der Waals surface area contributed by atoms with Gasteiger partial charge in [-0.1, -0.05) is 49.6 Å². The predicted molar refractivity (Wildman–Crippen MR) is 86.7 cm³/mol. The number of alkyl halides is 2. The zero-order chi connectivity index (χ0) is 15.2. The number of benzene rings is 1. The van der Waals surface area contributed by atoms with E-state index in [9.17, 15) is 13.6 Å². The Morgan fingerprint density at radius 3 is 2.40 bits per heavy atom. The summed E-state index contributed by atoms with van der Waals surface area (Å²) >= 11 is 1.89. The first kappa shape index (κ1) is 17.3. The van der Waals surface area contributed by atoms with Crippen LogP contribution < -0.4 is 0 Å². The van der Waals surface area contributed by atoms with Gasteiger partial charge in [0.15, 0.2) is 0 Å². The van der Waals surface area contributed by atoms with Gasteiger partial charge in [0.1, 0.15) is 0 Å². The molecular formula is C16H19F2IO. The number of unbranched alkanes of at least 4 members (excludes halogenated alkanes) is 2. The minimum atomic E-state index is -3.43. The molecule has 0 amide bonds. The zero-order valence-corrected chi connectivity index (χ0v) is 13.9. The van der Waals surface area contributed by atoms with Gasteiger partial charge in [-0.05, 0) is 45.9 Å². The molecule has 0 fully saturated rings. The van der Waals surface area contributed by atoms with Crippen LogP contribution in [0.5, 0.6) is 0 Å². The summed E-state index contributed by atoms with van der Waals surface area (Å²) in [5.41, 5.74) is 0.990. The first-order valence-electron chi connectivity index (χ1n) is 6.73. The first-order valence-corrected chi connectivity index (χ1v) is 7.81. The van der Waals surface area contributed by atoms with Gasteiger partial charge >= 0.3 is 5.92 Å². The van der Waals surface area contributed by atoms with Gasteiger partial charge in [-0.3, -0.25) is 4.79 Å². The molecule has 0 aliphatic carbocycles. The Hall–Kier alpha value is -0.780. The number of hydrogen-bond donors (Lipinski definition) is 0. The molecule has 0 saturated carbocycles. The number of rotatable bonds is 7. The van der Waals surface area contributed by atoms with Crippen LogP contribution in [0.2, 0.25) is 0 Å². The summed E-state index contributed by atoms with van der Waals surface area (Å²) < 4.78 is 28.4. The molecule has 0 unspecified atom stereocenters. The van der Waals surface area contributed by atoms with Gasteiger partial charge in [0.05, 0.1) is 0 Å². The van der Waals surface area contributed by atoms with E-state index in [-0.39, 0.29) is 5.56 Å². The lowest BCUT2D eigenvalue weighted by Crippen LogP contribution is -2.26. The van der Waals surface area contributed by atoms with E-state index in [4.69, 9.17) is 0 Å². The fourth-order valence-corrected chi connectivity index (χ4v) is 2.55. The van der Waals surface area contributed by atoms with Crippen LogP contribution in [0.4, 0.5) is 8.78 Å². The number of hydrogen-bond acceptors (Lipinski definition) is 1. The van der Waals surface area contributed by atoms with Gasteiger partial charge in [0, 0.05) is 11.6 Å². The van der Waals surface area contributed by atoms with Crippen LogP contribution in [0.15, 0.2) is 33.9 Å². The van der Waals surface area contributed by atoms with E-state index in [0.717, 1.165) is 30.9 Å². The van der Waals surface area contributed by atoms with Gasteiger partial charge in [-0.2, -0.15) is 8.78 Å². The van der Waals surface area contributed by atoms with E-state index in [0.29, 0.717) is 10.0 Å². The summed E-state index contributed by atoms with van der Waals surface area (Å²) in [5, 5.41) is 0. The molecule has 1 nitrogen and oxygen atoms in total. The van der Waals surface area contributed by atoms with Crippen molar-refractivity contribution in [2.45, 2.75) is 45.5 Å². The molecule has 0 atom stereocenters. The molecule has 0 heterocycles. The van der Waals surface area contributed by atoms with Gasteiger partial charge in [0.25, 0.3) is 0 Å². The van der Waals surface area contributed by atoms with Crippen LogP contribution >= 0.6 is 22.6 Å². The van der Waals surface area contributed by atoms with Crippen molar-refractivity contribution in [3.63, 3.8) is 0 Å². The van der Waals surface area contributed by atoms with Gasteiger partial charge in [0.2, 0.25) is 5.78 Å². The molecule has 0 radical (unpaired) electrons. The number of carbonyl (C=O) groups is 1. The van der Waals surface area contributed by atoms with Crippen LogP contribution in [0.1, 0.15) is 48.5 Å². The highest BCUT2D eigenvalue weighted by Crippen LogP contribution is 2.27. The van der Waals surface area contributed by atoms with Crippen molar-refractivity contribution in [1.82, 2.24) is 0 Å². The Balaban J connectivity index is 2.78. The van der Waals surface area contributed by atoms with Crippen LogP contribution in [-0.4, -0.2) is 11.7 Å². The van der Waals surface area contributed by atoms with Crippen molar-refractivity contribution in [2.75, 3.05) is 0 Å². The lowest BCUT2D eigenvalue weighted by Gasteiger charge is -2.12. The zero-order valence-electron chi connectivity index (χ0n) is 11.8. The number of aryl methyl sites for hydroxylation is 1. The van der Waals surface area contributed by atoms with Crippen molar-refractivity contribution < 1.29 is 13.6 Å². The van der Waals surface area contributed by atoms with Crippen molar-refractivity contribution >= 4 is 28.4 Å². The molecule has 1 rings (SSSR count). The lowest BCUT2D eigenvalue weighted by atomic mass is 10.0. The fourth-order valence-electron chi connectivity index (χ4n) is 1.78. The molecule has 0 aliphatic heterocycles. The van der Waals surface area contributed by atoms with Gasteiger partial charge < -0.3 is 0 Å². The molecule has 0 saturated heterocycles. The topological polar surface area (TPSA) is 17.1 Å². The second-order valence-corrected chi connectivity index (χ2v) is 6.25. The van der Waals surface area contributed by atoms with E-state index in [1.807, 2.05) is 29.5 Å². The predicted octanol–water partition coefficient (Wildman–Crippen LogP) is 5.71. The standard InChI is InChI=1S/C16H19F2IO/c1-3-4-5-6-14(19)11-16(17,18)15(20)13-9-7-12(2)8-10-13/h7-11H,3-6H2,1-2H3/b14-11+. The minimum Gasteiger partial charge on any atom is -0.287 e. The average Bonchev–Trinajstić information content (AvgIpc) is 2.38. The summed E-state index contributed by atoms with van der Waals surface area (Å²) in [7, 11) is 0. The molecule has 0 spiro atoms. The molecular weight excluding hydrogens is 373 g/mol. The number of ketones is 1. The van der Waals surface area contributed by atoms with Crippen LogP contribution in [0.25, 0.3) is 0 Å². The van der Waals surface area contributed by atoms with Crippen LogP contribution in [-0.2, 0) is 0 Å². The Morgan fingerprint density at radius 2 is 1.85 bits per heavy atom. The Bertz CT molecular complexity index is 478. The molecule has 1 aromatic carbocycles. The maximum Gasteiger partial charge on any atom is 0.329 e. The van der Waals surface area contributed by atoms with E-state index < -0.39 is 11.7 Å². The molecule has 0 bridgehead atoms. The number of halogens is 3. The number of carbonyl (C=O) groups excluding carboxylic acids is 1. The minimum absolute atomic E-state index is 0.0506. The highest BCUT2D eigenvalue weighted by molar-refractivity contribution is 14.1. The summed E-state index contributed by atoms with van der Waals surface area (Å²) in [6, 6.07) is 6.23. The summed E-state index contributed by atoms with van der Waals surface area (Å²) in [6.45, 7) is 3.91. The normalized spacial score (nSPS) is 12.6. The average molecular weight is 392 g/mol. The Morgan fingerprint density at radius 1 is 1.25 bits per heavy atom. The van der Waals surface area contributed by atoms with Gasteiger partial charge in [-0.25, -0.2) is 0 Å². The van der Waals surface area contributed by atoms with E-state index in [1.54, 1.807) is 12.1 Å². The summed E-state index contributed by atoms with van der Waals surface area (Å²) in [6.07, 6.45) is 4.33. The van der Waals surface area contributed by atoms with Crippen molar-refractivity contribution in [2.24, 2.45) is 0 Å². The second kappa shape index (κ2) is 7.86. The lowest BCUT2D eigenvalue weighted by molar-refractivity contribution is 0.0379. The Labute approximate surface area is 132 Å². The molecule has 20 heavy (non-hydrogen) atoms. The highest BCUT2D eigenvalue weighted by atomic mass is 127. The molecule has 4 heteroatoms. The third-order valence-electron chi connectivity index (χ3n) is 2.97. The molecule has 0 N–H and O–H groups in total. The second-order valence-electron chi connectivity index (χ2n) is 4.87. The molecule has 1 aromatic rings. The number of allylic oxidation sites excluding steroid dienone is 2. The van der Waals surface area contributed by atoms with Gasteiger partial charge in [-0.15, -0.1) is 0 Å². The monoisotopic (exact) mass is 392 g/mol. The van der Waals surface area contributed by atoms with Crippen LogP contribution in [0.3, 0.4) is 0 Å². The third kappa shape index (κ3) is 5.31. The van der Waals surface area contributed by atoms with Crippen molar-refractivity contribution in [3.05, 3.63) is 45.0 Å². The van der Waals surface area contributed by atoms with E-state index >= 15 is 0 Å². The summed E-state index contributed by atoms with van der Waals surface area (Å²) in [5.74, 6) is -4.57. The van der Waals surface area contributed by atoms with Crippen molar-refractivity contribution in [3.8, 4) is 0 Å². The van der Waals surface area contributed by atoms with E-state index in [2.05, 4.69) is 6.92 Å². The molecule has 0 aromatic heterocycles. The van der Waals surface area contributed by atoms with Crippen molar-refractivity contribution in [1.29, 1.82) is 0 Å². The maximum absolute atomic E-state index is 13.9. The molecule has 110 valence electrons. The fraction of sp³-hybridized carbons (Fsp3) is 0.438. The van der Waals surface area contributed by atoms with E-state index in [1.165, 1.54) is 12.1 Å². The Kier molecular flexibility index (Phi) is 6.79. The summed E-state index contributed by atoms with van der Waals surface area (Å²) in [4.78, 5) is 11.8. The van der Waals surface area contributed by atoms with Crippen LogP contribution in [0, 0.1) is 6.92 Å². The maximum atomic E-state index is 13.9.